The maximum absolute atomic E-state index is 5.33. The summed E-state index contributed by atoms with van der Waals surface area (Å²) in [6.45, 7) is 8.74. The summed E-state index contributed by atoms with van der Waals surface area (Å²) in [6.07, 6.45) is 3.41. The van der Waals surface area contributed by atoms with Crippen LogP contribution in [0.15, 0.2) is 35.2 Å². The van der Waals surface area contributed by atoms with E-state index in [1.807, 2.05) is 13.0 Å². The summed E-state index contributed by atoms with van der Waals surface area (Å²) in [5, 5.41) is 3.25. The fourth-order valence-electron chi connectivity index (χ4n) is 1.02. The standard InChI is InChI=1S/C11H17NO2/c1-10(2)8-14-6-4-12-7-11-3-5-13-9-11/h3,5,9,12H,1,4,6-8H2,2H3. The minimum atomic E-state index is 0.646. The summed E-state index contributed by atoms with van der Waals surface area (Å²) in [4.78, 5) is 0. The van der Waals surface area contributed by atoms with Crippen LogP contribution in [0, 0.1) is 0 Å². The summed E-state index contributed by atoms with van der Waals surface area (Å²) in [6, 6.07) is 1.95. The number of ether oxygens (including phenoxy) is 1. The van der Waals surface area contributed by atoms with Crippen molar-refractivity contribution in [3.63, 3.8) is 0 Å². The van der Waals surface area contributed by atoms with E-state index in [0.29, 0.717) is 13.2 Å². The highest BCUT2D eigenvalue weighted by Crippen LogP contribution is 1.97. The molecular weight excluding hydrogens is 178 g/mol. The first kappa shape index (κ1) is 11.0. The number of hydrogen-bond acceptors (Lipinski definition) is 3. The van der Waals surface area contributed by atoms with Gasteiger partial charge in [-0.1, -0.05) is 12.2 Å². The Balaban J connectivity index is 1.92. The summed E-state index contributed by atoms with van der Waals surface area (Å²) in [5.74, 6) is 0. The molecule has 0 amide bonds. The molecule has 0 saturated heterocycles. The van der Waals surface area contributed by atoms with Crippen LogP contribution in [-0.4, -0.2) is 19.8 Å². The van der Waals surface area contributed by atoms with Crippen molar-refractivity contribution in [1.82, 2.24) is 5.32 Å². The highest BCUT2D eigenvalue weighted by molar-refractivity contribution is 5.04. The Morgan fingerprint density at radius 1 is 1.64 bits per heavy atom. The van der Waals surface area contributed by atoms with Crippen LogP contribution in [0.1, 0.15) is 12.5 Å². The Labute approximate surface area is 84.8 Å². The molecule has 0 saturated carbocycles. The minimum absolute atomic E-state index is 0.646. The van der Waals surface area contributed by atoms with Crippen molar-refractivity contribution >= 4 is 0 Å². The van der Waals surface area contributed by atoms with E-state index in [4.69, 9.17) is 9.15 Å². The van der Waals surface area contributed by atoms with Crippen molar-refractivity contribution in [2.45, 2.75) is 13.5 Å². The predicted octanol–water partition coefficient (Wildman–Crippen LogP) is 1.96. The second-order valence-electron chi connectivity index (χ2n) is 3.32. The average Bonchev–Trinajstić information content (AvgIpc) is 2.63. The molecule has 3 nitrogen and oxygen atoms in total. The van der Waals surface area contributed by atoms with Gasteiger partial charge in [-0.2, -0.15) is 0 Å². The van der Waals surface area contributed by atoms with Crippen molar-refractivity contribution in [3.05, 3.63) is 36.3 Å². The molecule has 0 atom stereocenters. The van der Waals surface area contributed by atoms with E-state index in [9.17, 15) is 0 Å². The maximum Gasteiger partial charge on any atom is 0.0947 e. The smallest absolute Gasteiger partial charge is 0.0947 e. The maximum atomic E-state index is 5.33. The number of nitrogens with one attached hydrogen (secondary N) is 1. The molecule has 0 aliphatic rings. The van der Waals surface area contributed by atoms with Crippen LogP contribution in [0.4, 0.5) is 0 Å². The van der Waals surface area contributed by atoms with Gasteiger partial charge in [0.25, 0.3) is 0 Å². The summed E-state index contributed by atoms with van der Waals surface area (Å²) in [7, 11) is 0. The fraction of sp³-hybridized carbons (Fsp3) is 0.455. The Hall–Kier alpha value is -1.06. The number of furan rings is 1. The molecule has 0 spiro atoms. The topological polar surface area (TPSA) is 34.4 Å². The molecule has 0 aliphatic heterocycles. The molecule has 0 aliphatic carbocycles. The third-order valence-electron chi connectivity index (χ3n) is 1.68. The molecule has 1 aromatic rings. The molecule has 0 radical (unpaired) electrons. The molecule has 1 aromatic heterocycles. The van der Waals surface area contributed by atoms with Crippen molar-refractivity contribution < 1.29 is 9.15 Å². The number of rotatable bonds is 7. The van der Waals surface area contributed by atoms with Gasteiger partial charge >= 0.3 is 0 Å². The van der Waals surface area contributed by atoms with E-state index in [-0.39, 0.29) is 0 Å². The van der Waals surface area contributed by atoms with E-state index in [1.54, 1.807) is 12.5 Å². The Morgan fingerprint density at radius 3 is 3.14 bits per heavy atom. The highest BCUT2D eigenvalue weighted by Gasteiger charge is 1.93. The third-order valence-corrected chi connectivity index (χ3v) is 1.68. The molecular formula is C11H17NO2. The van der Waals surface area contributed by atoms with E-state index < -0.39 is 0 Å². The van der Waals surface area contributed by atoms with E-state index in [2.05, 4.69) is 11.9 Å². The largest absolute Gasteiger partial charge is 0.472 e. The van der Waals surface area contributed by atoms with Gasteiger partial charge in [0.15, 0.2) is 0 Å². The second kappa shape index (κ2) is 6.40. The van der Waals surface area contributed by atoms with E-state index >= 15 is 0 Å². The van der Waals surface area contributed by atoms with Crippen LogP contribution >= 0.6 is 0 Å². The molecule has 0 unspecified atom stereocenters. The fourth-order valence-corrected chi connectivity index (χ4v) is 1.02. The van der Waals surface area contributed by atoms with Gasteiger partial charge in [0.2, 0.25) is 0 Å². The van der Waals surface area contributed by atoms with Crippen LogP contribution < -0.4 is 5.32 Å². The molecule has 1 rings (SSSR count). The van der Waals surface area contributed by atoms with Gasteiger partial charge in [-0.05, 0) is 13.0 Å². The average molecular weight is 195 g/mol. The van der Waals surface area contributed by atoms with Crippen LogP contribution in [0.3, 0.4) is 0 Å². The van der Waals surface area contributed by atoms with Gasteiger partial charge < -0.3 is 14.5 Å². The molecule has 3 heteroatoms. The lowest BCUT2D eigenvalue weighted by Gasteiger charge is -2.04. The monoisotopic (exact) mass is 195 g/mol. The number of hydrogen-bond donors (Lipinski definition) is 1. The molecule has 78 valence electrons. The minimum Gasteiger partial charge on any atom is -0.472 e. The first-order chi connectivity index (χ1) is 6.79. The van der Waals surface area contributed by atoms with Gasteiger partial charge in [0.1, 0.15) is 0 Å². The predicted molar refractivity (Wildman–Crippen MR) is 56.0 cm³/mol. The van der Waals surface area contributed by atoms with Gasteiger partial charge in [-0.3, -0.25) is 0 Å². The lowest BCUT2D eigenvalue weighted by molar-refractivity contribution is 0.157. The molecule has 1 heterocycles. The van der Waals surface area contributed by atoms with Crippen molar-refractivity contribution in [3.8, 4) is 0 Å². The van der Waals surface area contributed by atoms with Gasteiger partial charge in [0.05, 0.1) is 25.7 Å². The summed E-state index contributed by atoms with van der Waals surface area (Å²) >= 11 is 0. The quantitative estimate of drug-likeness (QED) is 0.533. The SMILES string of the molecule is C=C(C)COCCNCc1ccoc1. The zero-order valence-corrected chi connectivity index (χ0v) is 8.58. The first-order valence-electron chi connectivity index (χ1n) is 4.73. The molecule has 0 aromatic carbocycles. The summed E-state index contributed by atoms with van der Waals surface area (Å²) < 4.78 is 10.3. The third kappa shape index (κ3) is 4.84. The van der Waals surface area contributed by atoms with Crippen molar-refractivity contribution in [2.75, 3.05) is 19.8 Å². The van der Waals surface area contributed by atoms with Gasteiger partial charge in [-0.15, -0.1) is 0 Å². The normalized spacial score (nSPS) is 10.4. The first-order valence-corrected chi connectivity index (χ1v) is 4.73. The van der Waals surface area contributed by atoms with Crippen LogP contribution in [-0.2, 0) is 11.3 Å². The summed E-state index contributed by atoms with van der Waals surface area (Å²) in [5.41, 5.74) is 2.21. The van der Waals surface area contributed by atoms with Crippen LogP contribution in [0.25, 0.3) is 0 Å². The Morgan fingerprint density at radius 2 is 2.50 bits per heavy atom. The molecule has 0 bridgehead atoms. The lowest BCUT2D eigenvalue weighted by atomic mass is 10.3. The van der Waals surface area contributed by atoms with E-state index in [0.717, 1.165) is 24.2 Å². The van der Waals surface area contributed by atoms with Crippen LogP contribution in [0.5, 0.6) is 0 Å². The molecule has 14 heavy (non-hydrogen) atoms. The van der Waals surface area contributed by atoms with Crippen molar-refractivity contribution in [2.24, 2.45) is 0 Å². The zero-order valence-electron chi connectivity index (χ0n) is 8.58. The Kier molecular flexibility index (Phi) is 5.04. The Bertz CT molecular complexity index is 254. The molecule has 0 fully saturated rings. The van der Waals surface area contributed by atoms with E-state index in [1.165, 1.54) is 0 Å². The molecule has 1 N–H and O–H groups in total. The van der Waals surface area contributed by atoms with Gasteiger partial charge in [0, 0.05) is 18.7 Å². The zero-order chi connectivity index (χ0) is 10.2. The second-order valence-corrected chi connectivity index (χ2v) is 3.32. The van der Waals surface area contributed by atoms with Gasteiger partial charge in [-0.25, -0.2) is 0 Å². The van der Waals surface area contributed by atoms with Crippen molar-refractivity contribution in [1.29, 1.82) is 0 Å². The lowest BCUT2D eigenvalue weighted by Crippen LogP contribution is -2.19. The highest BCUT2D eigenvalue weighted by atomic mass is 16.5. The van der Waals surface area contributed by atoms with Crippen LogP contribution in [0.2, 0.25) is 0 Å².